The van der Waals surface area contributed by atoms with Crippen LogP contribution in [0.4, 0.5) is 4.39 Å². The predicted octanol–water partition coefficient (Wildman–Crippen LogP) is 3.73. The van der Waals surface area contributed by atoms with Gasteiger partial charge in [0, 0.05) is 17.6 Å². The zero-order chi connectivity index (χ0) is 14.5. The number of halogens is 1. The molecule has 1 aromatic rings. The molecule has 1 aliphatic carbocycles. The monoisotopic (exact) mass is 278 g/mol. The van der Waals surface area contributed by atoms with Crippen LogP contribution in [0.2, 0.25) is 0 Å². The van der Waals surface area contributed by atoms with Crippen LogP contribution in [-0.2, 0) is 0 Å². The number of nitrogens with zero attached hydrogens (tertiary/aromatic N) is 1. The molecule has 0 heterocycles. The molecule has 1 saturated carbocycles. The minimum absolute atomic E-state index is 0.0914. The summed E-state index contributed by atoms with van der Waals surface area (Å²) in [5.41, 5.74) is 6.76. The lowest BCUT2D eigenvalue weighted by Gasteiger charge is -2.41. The van der Waals surface area contributed by atoms with Crippen molar-refractivity contribution in [3.63, 3.8) is 0 Å². The number of rotatable bonds is 5. The second-order valence-electron chi connectivity index (χ2n) is 5.96. The Hall–Kier alpha value is -0.930. The number of nitrogens with two attached hydrogens (primary N) is 1. The molecule has 0 bridgehead atoms. The van der Waals surface area contributed by atoms with E-state index in [1.807, 2.05) is 12.1 Å². The molecule has 0 radical (unpaired) electrons. The minimum atomic E-state index is -0.0914. The summed E-state index contributed by atoms with van der Waals surface area (Å²) in [5.74, 6) is 0.459. The van der Waals surface area contributed by atoms with E-state index in [-0.39, 0.29) is 11.9 Å². The van der Waals surface area contributed by atoms with E-state index in [0.29, 0.717) is 12.0 Å². The highest BCUT2D eigenvalue weighted by Gasteiger charge is 2.31. The topological polar surface area (TPSA) is 29.3 Å². The standard InChI is InChI=1S/C17H27FN2/c1-3-16(14-9-5-6-10-15(14)18)20(2)17-11-7-4-8-13(17)12-19/h5-6,9-10,13,16-17H,3-4,7-8,11-12,19H2,1-2H3. The van der Waals surface area contributed by atoms with Crippen LogP contribution in [0.1, 0.15) is 50.6 Å². The van der Waals surface area contributed by atoms with Crippen LogP contribution in [-0.4, -0.2) is 24.5 Å². The van der Waals surface area contributed by atoms with Gasteiger partial charge < -0.3 is 5.73 Å². The van der Waals surface area contributed by atoms with Crippen molar-refractivity contribution < 1.29 is 4.39 Å². The van der Waals surface area contributed by atoms with Gasteiger partial charge in [0.15, 0.2) is 0 Å². The summed E-state index contributed by atoms with van der Waals surface area (Å²) in [5, 5.41) is 0. The van der Waals surface area contributed by atoms with Crippen LogP contribution in [0.15, 0.2) is 24.3 Å². The second kappa shape index (κ2) is 7.19. The first-order valence-electron chi connectivity index (χ1n) is 7.85. The predicted molar refractivity (Wildman–Crippen MR) is 82.0 cm³/mol. The lowest BCUT2D eigenvalue weighted by Crippen LogP contribution is -2.44. The van der Waals surface area contributed by atoms with Crippen LogP contribution >= 0.6 is 0 Å². The summed E-state index contributed by atoms with van der Waals surface area (Å²) in [6.45, 7) is 2.87. The number of hydrogen-bond donors (Lipinski definition) is 1. The summed E-state index contributed by atoms with van der Waals surface area (Å²) in [6, 6.07) is 7.80. The lowest BCUT2D eigenvalue weighted by atomic mass is 9.82. The molecule has 2 rings (SSSR count). The van der Waals surface area contributed by atoms with E-state index >= 15 is 0 Å². The highest BCUT2D eigenvalue weighted by atomic mass is 19.1. The van der Waals surface area contributed by atoms with E-state index in [1.54, 1.807) is 12.1 Å². The molecular weight excluding hydrogens is 251 g/mol. The van der Waals surface area contributed by atoms with Crippen molar-refractivity contribution in [2.75, 3.05) is 13.6 Å². The van der Waals surface area contributed by atoms with Crippen molar-refractivity contribution in [2.45, 2.75) is 51.1 Å². The minimum Gasteiger partial charge on any atom is -0.330 e. The maximum Gasteiger partial charge on any atom is 0.127 e. The van der Waals surface area contributed by atoms with Crippen LogP contribution in [0.5, 0.6) is 0 Å². The van der Waals surface area contributed by atoms with E-state index < -0.39 is 0 Å². The van der Waals surface area contributed by atoms with Gasteiger partial charge in [0.1, 0.15) is 5.82 Å². The van der Waals surface area contributed by atoms with Gasteiger partial charge in [0.25, 0.3) is 0 Å². The highest BCUT2D eigenvalue weighted by Crippen LogP contribution is 2.34. The van der Waals surface area contributed by atoms with E-state index in [2.05, 4.69) is 18.9 Å². The third-order valence-corrected chi connectivity index (χ3v) is 4.84. The van der Waals surface area contributed by atoms with E-state index in [4.69, 9.17) is 5.73 Å². The lowest BCUT2D eigenvalue weighted by molar-refractivity contribution is 0.0879. The Kier molecular flexibility index (Phi) is 5.55. The quantitative estimate of drug-likeness (QED) is 0.889. The molecular formula is C17H27FN2. The Labute approximate surface area is 122 Å². The molecule has 3 atom stereocenters. The fraction of sp³-hybridized carbons (Fsp3) is 0.647. The Morgan fingerprint density at radius 2 is 2.00 bits per heavy atom. The molecule has 1 fully saturated rings. The van der Waals surface area contributed by atoms with Gasteiger partial charge in [-0.2, -0.15) is 0 Å². The first-order chi connectivity index (χ1) is 9.69. The van der Waals surface area contributed by atoms with Gasteiger partial charge in [-0.3, -0.25) is 4.90 Å². The Bertz CT molecular complexity index is 421. The molecule has 0 amide bonds. The molecule has 1 aliphatic rings. The average molecular weight is 278 g/mol. The maximum atomic E-state index is 14.1. The largest absolute Gasteiger partial charge is 0.330 e. The highest BCUT2D eigenvalue weighted by molar-refractivity contribution is 5.21. The molecule has 112 valence electrons. The summed E-state index contributed by atoms with van der Waals surface area (Å²) in [6.07, 6.45) is 5.86. The normalized spacial score (nSPS) is 24.9. The summed E-state index contributed by atoms with van der Waals surface area (Å²) in [7, 11) is 2.14. The number of hydrogen-bond acceptors (Lipinski definition) is 2. The summed E-state index contributed by atoms with van der Waals surface area (Å²) >= 11 is 0. The molecule has 3 heteroatoms. The molecule has 1 aromatic carbocycles. The van der Waals surface area contributed by atoms with E-state index in [0.717, 1.165) is 18.5 Å². The first-order valence-corrected chi connectivity index (χ1v) is 7.85. The van der Waals surface area contributed by atoms with Crippen molar-refractivity contribution in [2.24, 2.45) is 11.7 Å². The van der Waals surface area contributed by atoms with Crippen molar-refractivity contribution in [3.05, 3.63) is 35.6 Å². The molecule has 2 nitrogen and oxygen atoms in total. The van der Waals surface area contributed by atoms with Crippen molar-refractivity contribution in [1.29, 1.82) is 0 Å². The third-order valence-electron chi connectivity index (χ3n) is 4.84. The van der Waals surface area contributed by atoms with Crippen LogP contribution < -0.4 is 5.73 Å². The fourth-order valence-electron chi connectivity index (χ4n) is 3.70. The third kappa shape index (κ3) is 3.21. The molecule has 2 N–H and O–H groups in total. The Balaban J connectivity index is 2.20. The first kappa shape index (κ1) is 15.5. The van der Waals surface area contributed by atoms with Gasteiger partial charge in [0.05, 0.1) is 0 Å². The van der Waals surface area contributed by atoms with Gasteiger partial charge in [-0.15, -0.1) is 0 Å². The van der Waals surface area contributed by atoms with Crippen LogP contribution in [0, 0.1) is 11.7 Å². The summed E-state index contributed by atoms with van der Waals surface area (Å²) in [4.78, 5) is 2.37. The number of benzene rings is 1. The second-order valence-corrected chi connectivity index (χ2v) is 5.96. The molecule has 0 spiro atoms. The van der Waals surface area contributed by atoms with Gasteiger partial charge in [-0.05, 0) is 44.8 Å². The van der Waals surface area contributed by atoms with E-state index in [9.17, 15) is 4.39 Å². The van der Waals surface area contributed by atoms with Crippen molar-refractivity contribution in [1.82, 2.24) is 4.90 Å². The summed E-state index contributed by atoms with van der Waals surface area (Å²) < 4.78 is 14.1. The molecule has 0 aliphatic heterocycles. The van der Waals surface area contributed by atoms with Gasteiger partial charge in [0.2, 0.25) is 0 Å². The fourth-order valence-corrected chi connectivity index (χ4v) is 3.70. The van der Waals surface area contributed by atoms with Crippen molar-refractivity contribution >= 4 is 0 Å². The Morgan fingerprint density at radius 1 is 1.30 bits per heavy atom. The zero-order valence-electron chi connectivity index (χ0n) is 12.7. The van der Waals surface area contributed by atoms with E-state index in [1.165, 1.54) is 25.7 Å². The van der Waals surface area contributed by atoms with Gasteiger partial charge in [-0.1, -0.05) is 38.0 Å². The van der Waals surface area contributed by atoms with Crippen LogP contribution in [0.25, 0.3) is 0 Å². The maximum absolute atomic E-state index is 14.1. The van der Waals surface area contributed by atoms with Gasteiger partial charge >= 0.3 is 0 Å². The molecule has 0 aromatic heterocycles. The molecule has 20 heavy (non-hydrogen) atoms. The van der Waals surface area contributed by atoms with Crippen LogP contribution in [0.3, 0.4) is 0 Å². The van der Waals surface area contributed by atoms with Crippen molar-refractivity contribution in [3.8, 4) is 0 Å². The van der Waals surface area contributed by atoms with Gasteiger partial charge in [-0.25, -0.2) is 4.39 Å². The molecule has 0 saturated heterocycles. The zero-order valence-corrected chi connectivity index (χ0v) is 12.7. The smallest absolute Gasteiger partial charge is 0.127 e. The average Bonchev–Trinajstić information content (AvgIpc) is 2.49. The Morgan fingerprint density at radius 3 is 2.65 bits per heavy atom. The molecule has 3 unspecified atom stereocenters. The SMILES string of the molecule is CCC(c1ccccc1F)N(C)C1CCCCC1CN.